The Balaban J connectivity index is 1.61. The number of benzene rings is 3. The number of nitrogens with zero attached hydrogens (tertiary/aromatic N) is 7. The first-order valence-corrected chi connectivity index (χ1v) is 12.3. The molecule has 1 aliphatic rings. The average Bonchev–Trinajstić information content (AvgIpc) is 3.21. The zero-order valence-electron chi connectivity index (χ0n) is 22.0. The average molecular weight is 551 g/mol. The Kier molecular flexibility index (Phi) is 8.10. The monoisotopic (exact) mass is 550 g/mol. The van der Waals surface area contributed by atoms with Crippen LogP contribution < -0.4 is 10.2 Å². The lowest BCUT2D eigenvalue weighted by atomic mass is 10.1. The summed E-state index contributed by atoms with van der Waals surface area (Å²) in [6.45, 7) is 4.19. The van der Waals surface area contributed by atoms with E-state index in [9.17, 15) is 35.0 Å². The first kappa shape index (κ1) is 28.1. The molecule has 0 saturated heterocycles. The molecule has 0 fully saturated rings. The van der Waals surface area contributed by atoms with Gasteiger partial charge in [0.15, 0.2) is 0 Å². The molecule has 3 amide bonds. The number of amides is 3. The van der Waals surface area contributed by atoms with E-state index in [1.165, 1.54) is 11.8 Å². The molecule has 0 atom stereocenters. The van der Waals surface area contributed by atoms with Gasteiger partial charge < -0.3 is 10.2 Å². The van der Waals surface area contributed by atoms with Crippen LogP contribution in [0.2, 0.25) is 0 Å². The minimum absolute atomic E-state index is 0.144. The molecule has 0 unspecified atom stereocenters. The molecule has 0 aromatic heterocycles. The van der Waals surface area contributed by atoms with Gasteiger partial charge in [-0.3, -0.25) is 29.4 Å². The quantitative estimate of drug-likeness (QED) is 0.170. The third-order valence-electron chi connectivity index (χ3n) is 6.31. The number of hydrogen-bond donors (Lipinski definition) is 1. The maximum Gasteiger partial charge on any atom is 0.272 e. The van der Waals surface area contributed by atoms with E-state index in [0.29, 0.717) is 29.9 Å². The summed E-state index contributed by atoms with van der Waals surface area (Å²) in [5.41, 5.74) is 0.896. The second-order valence-corrected chi connectivity index (χ2v) is 8.84. The predicted octanol–water partition coefficient (Wildman–Crippen LogP) is 4.83. The third kappa shape index (κ3) is 5.74. The Morgan fingerprint density at radius 2 is 1.63 bits per heavy atom. The van der Waals surface area contributed by atoms with Crippen molar-refractivity contribution in [3.63, 3.8) is 0 Å². The van der Waals surface area contributed by atoms with Gasteiger partial charge in [-0.05, 0) is 37.3 Å². The molecule has 1 heterocycles. The number of nitriles is 2. The highest BCUT2D eigenvalue weighted by molar-refractivity contribution is 6.21. The van der Waals surface area contributed by atoms with Crippen LogP contribution in [0.3, 0.4) is 0 Å². The summed E-state index contributed by atoms with van der Waals surface area (Å²) < 4.78 is 0. The number of nitrogens with one attached hydrogen (secondary N) is 1. The fourth-order valence-corrected chi connectivity index (χ4v) is 4.34. The summed E-state index contributed by atoms with van der Waals surface area (Å²) in [5, 5.41) is 40.9. The van der Waals surface area contributed by atoms with Crippen LogP contribution in [0.15, 0.2) is 64.8 Å². The van der Waals surface area contributed by atoms with E-state index in [1.807, 2.05) is 11.8 Å². The normalized spacial score (nSPS) is 12.1. The van der Waals surface area contributed by atoms with Crippen molar-refractivity contribution in [1.29, 1.82) is 10.5 Å². The van der Waals surface area contributed by atoms with Crippen molar-refractivity contribution in [2.75, 3.05) is 29.9 Å². The lowest BCUT2D eigenvalue weighted by molar-refractivity contribution is -0.384. The molecule has 0 aliphatic carbocycles. The highest BCUT2D eigenvalue weighted by Crippen LogP contribution is 2.34. The van der Waals surface area contributed by atoms with Crippen molar-refractivity contribution in [3.8, 4) is 12.1 Å². The molecule has 1 N–H and O–H groups in total. The van der Waals surface area contributed by atoms with Gasteiger partial charge in [-0.15, -0.1) is 10.2 Å². The molecule has 0 radical (unpaired) electrons. The molecule has 3 aromatic rings. The minimum atomic E-state index is -0.718. The van der Waals surface area contributed by atoms with Gasteiger partial charge in [0.25, 0.3) is 17.5 Å². The third-order valence-corrected chi connectivity index (χ3v) is 6.31. The Hall–Kier alpha value is -5.95. The summed E-state index contributed by atoms with van der Waals surface area (Å²) in [5.74, 6) is -1.09. The zero-order valence-corrected chi connectivity index (χ0v) is 22.0. The maximum atomic E-state index is 12.7. The van der Waals surface area contributed by atoms with Crippen LogP contribution in [0, 0.1) is 32.8 Å². The number of carbonyl (C=O) groups is 3. The van der Waals surface area contributed by atoms with Crippen molar-refractivity contribution < 1.29 is 19.3 Å². The van der Waals surface area contributed by atoms with E-state index in [0.717, 1.165) is 12.1 Å². The molecule has 1 aliphatic heterocycles. The summed E-state index contributed by atoms with van der Waals surface area (Å²) >= 11 is 0. The summed E-state index contributed by atoms with van der Waals surface area (Å²) in [7, 11) is 0. The number of non-ortho nitro benzene ring substituents is 1. The molecule has 4 rings (SSSR count). The summed E-state index contributed by atoms with van der Waals surface area (Å²) in [6.07, 6.45) is 0. The fraction of sp³-hybridized carbons (Fsp3) is 0.179. The van der Waals surface area contributed by atoms with E-state index >= 15 is 0 Å². The van der Waals surface area contributed by atoms with Crippen molar-refractivity contribution in [2.45, 2.75) is 13.8 Å². The van der Waals surface area contributed by atoms with E-state index in [4.69, 9.17) is 0 Å². The van der Waals surface area contributed by atoms with Crippen LogP contribution in [0.1, 0.15) is 45.7 Å². The van der Waals surface area contributed by atoms with Gasteiger partial charge in [-0.25, -0.2) is 0 Å². The number of azo groups is 1. The minimum Gasteiger partial charge on any atom is -0.370 e. The smallest absolute Gasteiger partial charge is 0.272 e. The topological polar surface area (TPSA) is 185 Å². The van der Waals surface area contributed by atoms with E-state index in [-0.39, 0.29) is 46.5 Å². The van der Waals surface area contributed by atoms with Gasteiger partial charge in [-0.2, -0.15) is 10.5 Å². The standard InChI is InChI=1S/C28H22N8O5/c1-3-34(10-11-35-27(38)22-6-4-5-7-23(22)28(35)39)20-8-9-24(25(14-20)31-17(2)37)32-33-26-18(15-29)12-21(36(40)41)13-19(26)16-30/h4-9,12-14H,3,10-11H2,1-2H3,(H,31,37). The second kappa shape index (κ2) is 11.8. The lowest BCUT2D eigenvalue weighted by Gasteiger charge is -2.26. The van der Waals surface area contributed by atoms with Crippen LogP contribution in [-0.2, 0) is 4.79 Å². The Bertz CT molecular complexity index is 1630. The number of hydrogen-bond acceptors (Lipinski definition) is 10. The number of imide groups is 1. The number of rotatable bonds is 9. The Morgan fingerprint density at radius 3 is 2.15 bits per heavy atom. The van der Waals surface area contributed by atoms with Gasteiger partial charge in [0.2, 0.25) is 5.91 Å². The number of anilines is 2. The van der Waals surface area contributed by atoms with Crippen molar-refractivity contribution in [2.24, 2.45) is 10.2 Å². The number of carbonyl (C=O) groups excluding carboxylic acids is 3. The first-order valence-electron chi connectivity index (χ1n) is 12.3. The van der Waals surface area contributed by atoms with Gasteiger partial charge >= 0.3 is 0 Å². The van der Waals surface area contributed by atoms with E-state index in [1.54, 1.807) is 54.6 Å². The van der Waals surface area contributed by atoms with Crippen LogP contribution >= 0.6 is 0 Å². The van der Waals surface area contributed by atoms with Crippen molar-refractivity contribution in [1.82, 2.24) is 4.90 Å². The molecular formula is C28H22N8O5. The van der Waals surface area contributed by atoms with Gasteiger partial charge in [0, 0.05) is 44.4 Å². The van der Waals surface area contributed by atoms with Crippen LogP contribution in [0.4, 0.5) is 28.4 Å². The highest BCUT2D eigenvalue weighted by Gasteiger charge is 2.35. The fourth-order valence-electron chi connectivity index (χ4n) is 4.34. The number of nitro groups is 1. The first-order chi connectivity index (χ1) is 19.7. The molecule has 0 bridgehead atoms. The Labute approximate surface area is 234 Å². The van der Waals surface area contributed by atoms with Crippen LogP contribution in [0.5, 0.6) is 0 Å². The number of nitro benzene ring substituents is 1. The molecule has 3 aromatic carbocycles. The van der Waals surface area contributed by atoms with Gasteiger partial charge in [-0.1, -0.05) is 12.1 Å². The molecule has 0 spiro atoms. The van der Waals surface area contributed by atoms with Gasteiger partial charge in [0.05, 0.1) is 32.9 Å². The van der Waals surface area contributed by atoms with E-state index < -0.39 is 16.5 Å². The molecule has 13 heteroatoms. The molecule has 204 valence electrons. The largest absolute Gasteiger partial charge is 0.370 e. The molecule has 13 nitrogen and oxygen atoms in total. The second-order valence-electron chi connectivity index (χ2n) is 8.84. The molecule has 41 heavy (non-hydrogen) atoms. The Morgan fingerprint density at radius 1 is 1.02 bits per heavy atom. The maximum absolute atomic E-state index is 12.7. The summed E-state index contributed by atoms with van der Waals surface area (Å²) in [4.78, 5) is 51.0. The van der Waals surface area contributed by atoms with Crippen molar-refractivity contribution in [3.05, 3.63) is 87.0 Å². The molecule has 0 saturated carbocycles. The lowest BCUT2D eigenvalue weighted by Crippen LogP contribution is -2.38. The molecular weight excluding hydrogens is 528 g/mol. The van der Waals surface area contributed by atoms with Crippen LogP contribution in [0.25, 0.3) is 0 Å². The number of likely N-dealkylation sites (N-methyl/N-ethyl adjacent to an activating group) is 1. The van der Waals surface area contributed by atoms with Crippen molar-refractivity contribution >= 4 is 46.2 Å². The highest BCUT2D eigenvalue weighted by atomic mass is 16.6. The van der Waals surface area contributed by atoms with Gasteiger partial charge in [0.1, 0.15) is 23.5 Å². The number of fused-ring (bicyclic) bond motifs is 1. The summed E-state index contributed by atoms with van der Waals surface area (Å²) in [6, 6.07) is 17.2. The van der Waals surface area contributed by atoms with E-state index in [2.05, 4.69) is 15.5 Å². The SMILES string of the molecule is CCN(CCN1C(=O)c2ccccc2C1=O)c1ccc(N=Nc2c(C#N)cc([N+](=O)[O-])cc2C#N)c(NC(C)=O)c1. The predicted molar refractivity (Wildman–Crippen MR) is 147 cm³/mol. The zero-order chi connectivity index (χ0) is 29.7. The van der Waals surface area contributed by atoms with Crippen LogP contribution in [-0.4, -0.2) is 47.2 Å².